The number of piperidine rings is 1. The van der Waals surface area contributed by atoms with Crippen molar-refractivity contribution in [3.63, 3.8) is 0 Å². The molecule has 2 heterocycles. The molecular formula is C18H27Cl2N5O. The Morgan fingerprint density at radius 2 is 1.92 bits per heavy atom. The van der Waals surface area contributed by atoms with Gasteiger partial charge in [-0.2, -0.15) is 5.10 Å². The molecule has 26 heavy (non-hydrogen) atoms. The summed E-state index contributed by atoms with van der Waals surface area (Å²) in [4.78, 5) is 15.1. The van der Waals surface area contributed by atoms with Crippen LogP contribution in [-0.4, -0.2) is 42.9 Å². The minimum Gasteiger partial charge on any atom is -0.377 e. The molecule has 0 aliphatic carbocycles. The third-order valence-corrected chi connectivity index (χ3v) is 4.71. The van der Waals surface area contributed by atoms with Gasteiger partial charge in [-0.3, -0.25) is 9.48 Å². The largest absolute Gasteiger partial charge is 0.377 e. The maximum absolute atomic E-state index is 13.1. The van der Waals surface area contributed by atoms with Crippen molar-refractivity contribution >= 4 is 36.4 Å². The molecule has 1 aliphatic rings. The number of halogens is 2. The van der Waals surface area contributed by atoms with E-state index < -0.39 is 5.54 Å². The van der Waals surface area contributed by atoms with Gasteiger partial charge >= 0.3 is 0 Å². The average molecular weight is 400 g/mol. The molecule has 8 heteroatoms. The molecule has 0 saturated carbocycles. The quantitative estimate of drug-likeness (QED) is 0.808. The molecular weight excluding hydrogens is 373 g/mol. The van der Waals surface area contributed by atoms with E-state index in [1.165, 1.54) is 0 Å². The second-order valence-electron chi connectivity index (χ2n) is 6.44. The minimum atomic E-state index is -0.595. The van der Waals surface area contributed by atoms with Crippen LogP contribution >= 0.6 is 24.8 Å². The molecule has 144 valence electrons. The number of carbonyl (C=O) groups is 1. The number of hydrogen-bond donors (Lipinski definition) is 2. The molecule has 2 N–H and O–H groups in total. The molecule has 1 saturated heterocycles. The molecule has 0 bridgehead atoms. The SMILES string of the molecule is CN(C)c1ccccc1CNC(=O)C1(n2cccn2)CCNCC1.Cl.Cl. The average Bonchev–Trinajstić information content (AvgIpc) is 3.15. The molecule has 0 unspecified atom stereocenters. The van der Waals surface area contributed by atoms with Crippen molar-refractivity contribution in [1.29, 1.82) is 0 Å². The topological polar surface area (TPSA) is 62.2 Å². The van der Waals surface area contributed by atoms with Gasteiger partial charge in [0.25, 0.3) is 0 Å². The molecule has 1 aliphatic heterocycles. The molecule has 1 aromatic heterocycles. The maximum Gasteiger partial charge on any atom is 0.248 e. The number of benzene rings is 1. The number of nitrogens with zero attached hydrogens (tertiary/aromatic N) is 3. The lowest BCUT2D eigenvalue weighted by Gasteiger charge is -2.36. The van der Waals surface area contributed by atoms with Gasteiger partial charge in [0.05, 0.1) is 0 Å². The molecule has 6 nitrogen and oxygen atoms in total. The van der Waals surface area contributed by atoms with Crippen LogP contribution < -0.4 is 15.5 Å². The molecule has 0 radical (unpaired) electrons. The number of hydrogen-bond acceptors (Lipinski definition) is 4. The van der Waals surface area contributed by atoms with Gasteiger partial charge in [-0.05, 0) is 43.6 Å². The lowest BCUT2D eigenvalue weighted by Crippen LogP contribution is -2.54. The van der Waals surface area contributed by atoms with Gasteiger partial charge in [-0.1, -0.05) is 18.2 Å². The van der Waals surface area contributed by atoms with E-state index in [1.807, 2.05) is 43.2 Å². The van der Waals surface area contributed by atoms with Crippen molar-refractivity contribution in [1.82, 2.24) is 20.4 Å². The Hall–Kier alpha value is -1.76. The van der Waals surface area contributed by atoms with Crippen LogP contribution in [0, 0.1) is 0 Å². The van der Waals surface area contributed by atoms with Crippen LogP contribution in [0.15, 0.2) is 42.7 Å². The van der Waals surface area contributed by atoms with Crippen LogP contribution in [0.1, 0.15) is 18.4 Å². The van der Waals surface area contributed by atoms with Crippen LogP contribution in [0.4, 0.5) is 5.69 Å². The Balaban J connectivity index is 0.00000169. The minimum absolute atomic E-state index is 0. The third-order valence-electron chi connectivity index (χ3n) is 4.71. The number of rotatable bonds is 5. The smallest absolute Gasteiger partial charge is 0.248 e. The molecule has 1 amide bonds. The van der Waals surface area contributed by atoms with Crippen molar-refractivity contribution in [3.05, 3.63) is 48.3 Å². The summed E-state index contributed by atoms with van der Waals surface area (Å²) in [5.74, 6) is 0.0428. The van der Waals surface area contributed by atoms with E-state index in [9.17, 15) is 4.79 Å². The van der Waals surface area contributed by atoms with Crippen LogP contribution in [0.2, 0.25) is 0 Å². The van der Waals surface area contributed by atoms with Gasteiger partial charge in [-0.25, -0.2) is 0 Å². The van der Waals surface area contributed by atoms with E-state index in [0.717, 1.165) is 37.2 Å². The van der Waals surface area contributed by atoms with Crippen LogP contribution in [-0.2, 0) is 16.9 Å². The summed E-state index contributed by atoms with van der Waals surface area (Å²) >= 11 is 0. The van der Waals surface area contributed by atoms with Crippen molar-refractivity contribution in [2.75, 3.05) is 32.1 Å². The predicted molar refractivity (Wildman–Crippen MR) is 109 cm³/mol. The Morgan fingerprint density at radius 3 is 2.54 bits per heavy atom. The van der Waals surface area contributed by atoms with Gasteiger partial charge in [0.2, 0.25) is 5.91 Å². The van der Waals surface area contributed by atoms with Crippen molar-refractivity contribution < 1.29 is 4.79 Å². The zero-order valence-electron chi connectivity index (χ0n) is 15.1. The highest BCUT2D eigenvalue weighted by atomic mass is 35.5. The second kappa shape index (κ2) is 9.80. The number of amides is 1. The molecule has 3 rings (SSSR count). The van der Waals surface area contributed by atoms with E-state index in [4.69, 9.17) is 0 Å². The number of para-hydroxylation sites is 1. The molecule has 0 spiro atoms. The summed E-state index contributed by atoms with van der Waals surface area (Å²) in [7, 11) is 4.03. The first-order valence-corrected chi connectivity index (χ1v) is 8.38. The highest BCUT2D eigenvalue weighted by Gasteiger charge is 2.41. The second-order valence-corrected chi connectivity index (χ2v) is 6.44. The number of anilines is 1. The van der Waals surface area contributed by atoms with Gasteiger partial charge in [0.15, 0.2) is 0 Å². The summed E-state index contributed by atoms with van der Waals surface area (Å²) in [6, 6.07) is 10.0. The zero-order chi connectivity index (χ0) is 17.0. The fourth-order valence-electron chi connectivity index (χ4n) is 3.36. The number of aromatic nitrogens is 2. The Bertz CT molecular complexity index is 685. The third kappa shape index (κ3) is 4.50. The summed E-state index contributed by atoms with van der Waals surface area (Å²) in [6.45, 7) is 2.16. The van der Waals surface area contributed by atoms with E-state index >= 15 is 0 Å². The zero-order valence-corrected chi connectivity index (χ0v) is 16.8. The van der Waals surface area contributed by atoms with Crippen molar-refractivity contribution in [3.8, 4) is 0 Å². The highest BCUT2D eigenvalue weighted by Crippen LogP contribution is 2.27. The summed E-state index contributed by atoms with van der Waals surface area (Å²) in [5, 5.41) is 10.8. The van der Waals surface area contributed by atoms with Gasteiger partial charge < -0.3 is 15.5 Å². The fraction of sp³-hybridized carbons (Fsp3) is 0.444. The summed E-state index contributed by atoms with van der Waals surface area (Å²) < 4.78 is 1.82. The van der Waals surface area contributed by atoms with E-state index in [0.29, 0.717) is 6.54 Å². The monoisotopic (exact) mass is 399 g/mol. The van der Waals surface area contributed by atoms with Gasteiger partial charge in [0, 0.05) is 38.7 Å². The number of carbonyl (C=O) groups excluding carboxylic acids is 1. The number of nitrogens with one attached hydrogen (secondary N) is 2. The first kappa shape index (κ1) is 22.3. The lowest BCUT2D eigenvalue weighted by molar-refractivity contribution is -0.132. The summed E-state index contributed by atoms with van der Waals surface area (Å²) in [5.41, 5.74) is 1.64. The molecule has 0 atom stereocenters. The standard InChI is InChI=1S/C18H25N5O.2ClH/c1-22(2)16-7-4-3-6-15(16)14-20-17(24)18(8-11-19-12-9-18)23-13-5-10-21-23;;/h3-7,10,13,19H,8-9,11-12,14H2,1-2H3,(H,20,24);2*1H. The van der Waals surface area contributed by atoms with E-state index in [1.54, 1.807) is 6.20 Å². The van der Waals surface area contributed by atoms with Gasteiger partial charge in [-0.15, -0.1) is 24.8 Å². The van der Waals surface area contributed by atoms with Crippen molar-refractivity contribution in [2.24, 2.45) is 0 Å². The maximum atomic E-state index is 13.1. The summed E-state index contributed by atoms with van der Waals surface area (Å²) in [6.07, 6.45) is 5.11. The van der Waals surface area contributed by atoms with E-state index in [2.05, 4.69) is 32.8 Å². The van der Waals surface area contributed by atoms with Crippen LogP contribution in [0.5, 0.6) is 0 Å². The molecule has 1 aromatic carbocycles. The molecule has 1 fully saturated rings. The predicted octanol–water partition coefficient (Wildman–Crippen LogP) is 2.19. The van der Waals surface area contributed by atoms with Crippen LogP contribution in [0.3, 0.4) is 0 Å². The molecule has 2 aromatic rings. The Kier molecular flexibility index (Phi) is 8.40. The Labute approximate surface area is 167 Å². The van der Waals surface area contributed by atoms with Crippen molar-refractivity contribution in [2.45, 2.75) is 24.9 Å². The first-order valence-electron chi connectivity index (χ1n) is 8.38. The highest BCUT2D eigenvalue weighted by molar-refractivity contribution is 5.86. The normalized spacial score (nSPS) is 15.3. The van der Waals surface area contributed by atoms with Gasteiger partial charge in [0.1, 0.15) is 5.54 Å². The van der Waals surface area contributed by atoms with E-state index in [-0.39, 0.29) is 30.7 Å². The first-order chi connectivity index (χ1) is 11.6. The fourth-order valence-corrected chi connectivity index (χ4v) is 3.36. The van der Waals surface area contributed by atoms with Crippen LogP contribution in [0.25, 0.3) is 0 Å². The lowest BCUT2D eigenvalue weighted by atomic mass is 9.87. The Morgan fingerprint density at radius 1 is 1.23 bits per heavy atom.